The van der Waals surface area contributed by atoms with Crippen LogP contribution in [-0.4, -0.2) is 16.2 Å². The van der Waals surface area contributed by atoms with Crippen molar-refractivity contribution < 1.29 is 15.0 Å². The predicted octanol–water partition coefficient (Wildman–Crippen LogP) is 5.49. The zero-order valence-corrected chi connectivity index (χ0v) is 14.8. The molecule has 0 aromatic heterocycles. The van der Waals surface area contributed by atoms with Crippen LogP contribution in [0.25, 0.3) is 0 Å². The first-order valence-corrected chi connectivity index (χ1v) is 7.98. The molecule has 0 bridgehead atoms. The summed E-state index contributed by atoms with van der Waals surface area (Å²) in [7, 11) is 0. The van der Waals surface area contributed by atoms with Crippen LogP contribution < -0.4 is 0 Å². The van der Waals surface area contributed by atoms with Crippen LogP contribution in [0.15, 0.2) is 58.4 Å². The highest BCUT2D eigenvalue weighted by molar-refractivity contribution is 5.81. The van der Waals surface area contributed by atoms with Gasteiger partial charge in [-0.3, -0.25) is 0 Å². The molecule has 126 valence electrons. The maximum atomic E-state index is 10.6. The first kappa shape index (κ1) is 19.0. The zero-order valence-electron chi connectivity index (χ0n) is 14.8. The van der Waals surface area contributed by atoms with Gasteiger partial charge in [0.25, 0.3) is 0 Å². The van der Waals surface area contributed by atoms with E-state index in [9.17, 15) is 9.90 Å². The zero-order chi connectivity index (χ0) is 17.6. The van der Waals surface area contributed by atoms with Crippen molar-refractivity contribution in [2.45, 2.75) is 53.9 Å². The summed E-state index contributed by atoms with van der Waals surface area (Å²) in [6, 6.07) is 0. The van der Waals surface area contributed by atoms with Crippen LogP contribution in [0.3, 0.4) is 0 Å². The number of allylic oxidation sites excluding steroid dienone is 8. The molecule has 0 aromatic carbocycles. The second kappa shape index (κ2) is 8.00. The van der Waals surface area contributed by atoms with E-state index in [1.54, 1.807) is 13.0 Å². The minimum Gasteiger partial charge on any atom is -0.512 e. The van der Waals surface area contributed by atoms with Crippen LogP contribution in [0.2, 0.25) is 0 Å². The minimum atomic E-state index is -0.947. The van der Waals surface area contributed by atoms with Gasteiger partial charge in [0.2, 0.25) is 0 Å². The Hall–Kier alpha value is -2.03. The van der Waals surface area contributed by atoms with Gasteiger partial charge in [0.05, 0.1) is 0 Å². The first-order chi connectivity index (χ1) is 10.6. The summed E-state index contributed by atoms with van der Waals surface area (Å²) in [5.74, 6) is -0.513. The van der Waals surface area contributed by atoms with Gasteiger partial charge >= 0.3 is 5.97 Å². The molecule has 0 aromatic rings. The first-order valence-electron chi connectivity index (χ1n) is 7.98. The Balaban J connectivity index is 2.89. The smallest absolute Gasteiger partial charge is 0.328 e. The summed E-state index contributed by atoms with van der Waals surface area (Å²) in [4.78, 5) is 10.5. The maximum Gasteiger partial charge on any atom is 0.328 e. The molecule has 1 aliphatic carbocycles. The van der Waals surface area contributed by atoms with Crippen LogP contribution in [-0.2, 0) is 4.79 Å². The minimum absolute atomic E-state index is 0.000149. The topological polar surface area (TPSA) is 57.5 Å². The molecule has 0 radical (unpaired) electrons. The van der Waals surface area contributed by atoms with Crippen LogP contribution >= 0.6 is 0 Å². The molecule has 2 N–H and O–H groups in total. The van der Waals surface area contributed by atoms with Gasteiger partial charge < -0.3 is 10.2 Å². The molecule has 23 heavy (non-hydrogen) atoms. The summed E-state index contributed by atoms with van der Waals surface area (Å²) in [5.41, 5.74) is 3.93. The Kier molecular flexibility index (Phi) is 6.62. The highest BCUT2D eigenvalue weighted by Gasteiger charge is 2.29. The van der Waals surface area contributed by atoms with Crippen molar-refractivity contribution in [3.8, 4) is 0 Å². The van der Waals surface area contributed by atoms with Gasteiger partial charge in [0, 0.05) is 12.5 Å². The van der Waals surface area contributed by atoms with Gasteiger partial charge in [-0.05, 0) is 55.7 Å². The van der Waals surface area contributed by atoms with E-state index in [1.807, 2.05) is 19.1 Å². The average molecular weight is 316 g/mol. The molecular formula is C20H28O3. The fourth-order valence-electron chi connectivity index (χ4n) is 3.05. The molecule has 0 amide bonds. The lowest BCUT2D eigenvalue weighted by Gasteiger charge is -2.33. The molecule has 1 aliphatic rings. The van der Waals surface area contributed by atoms with Crippen molar-refractivity contribution in [1.82, 2.24) is 0 Å². The van der Waals surface area contributed by atoms with Crippen LogP contribution in [0, 0.1) is 5.41 Å². The van der Waals surface area contributed by atoms with Gasteiger partial charge in [0.1, 0.15) is 5.76 Å². The monoisotopic (exact) mass is 316 g/mol. The highest BCUT2D eigenvalue weighted by atomic mass is 16.4. The third kappa shape index (κ3) is 5.93. The Morgan fingerprint density at radius 1 is 1.30 bits per heavy atom. The van der Waals surface area contributed by atoms with E-state index >= 15 is 0 Å². The lowest BCUT2D eigenvalue weighted by molar-refractivity contribution is -0.131. The molecule has 0 saturated heterocycles. The summed E-state index contributed by atoms with van der Waals surface area (Å²) in [6.07, 6.45) is 11.4. The fraction of sp³-hybridized carbons (Fsp3) is 0.450. The Morgan fingerprint density at radius 2 is 1.96 bits per heavy atom. The number of carbonyl (C=O) groups is 1. The highest BCUT2D eigenvalue weighted by Crippen LogP contribution is 2.42. The summed E-state index contributed by atoms with van der Waals surface area (Å²) in [6.45, 7) is 10.1. The Labute approximate surface area is 139 Å². The van der Waals surface area contributed by atoms with Crippen molar-refractivity contribution in [3.05, 3.63) is 58.4 Å². The van der Waals surface area contributed by atoms with E-state index < -0.39 is 5.97 Å². The molecule has 3 heteroatoms. The molecule has 0 spiro atoms. The summed E-state index contributed by atoms with van der Waals surface area (Å²) in [5, 5.41) is 19.2. The van der Waals surface area contributed by atoms with Gasteiger partial charge in [-0.1, -0.05) is 43.7 Å². The standard InChI is InChI=1S/C20H28O3/c1-14(8-6-9-15(2)13-18(22)23)12-17(21)19-16(3)10-7-11-20(19,4)5/h6,8-10,13,21H,7,11-12H2,1-5H3,(H,22,23)/b9-6+,14-8+,15-13+,19-17-. The largest absolute Gasteiger partial charge is 0.512 e. The van der Waals surface area contributed by atoms with Crippen LogP contribution in [0.4, 0.5) is 0 Å². The van der Waals surface area contributed by atoms with Crippen molar-refractivity contribution in [2.75, 3.05) is 0 Å². The van der Waals surface area contributed by atoms with Crippen molar-refractivity contribution in [2.24, 2.45) is 5.41 Å². The van der Waals surface area contributed by atoms with Gasteiger partial charge in [-0.25, -0.2) is 4.79 Å². The number of carboxylic acids is 1. The SMILES string of the molecule is CC1=CCCC(C)(C)/C1=C(\O)C/C(C)=C/C=C/C(C)=C/C(=O)O. The van der Waals surface area contributed by atoms with E-state index in [2.05, 4.69) is 26.8 Å². The van der Waals surface area contributed by atoms with E-state index in [-0.39, 0.29) is 5.41 Å². The quantitative estimate of drug-likeness (QED) is 0.400. The summed E-state index contributed by atoms with van der Waals surface area (Å²) >= 11 is 0. The number of aliphatic hydroxyl groups excluding tert-OH is 1. The molecule has 0 aliphatic heterocycles. The second-order valence-electron chi connectivity index (χ2n) is 6.91. The fourth-order valence-corrected chi connectivity index (χ4v) is 3.05. The Morgan fingerprint density at radius 3 is 2.52 bits per heavy atom. The number of rotatable bonds is 5. The van der Waals surface area contributed by atoms with Crippen LogP contribution in [0.1, 0.15) is 53.9 Å². The number of hydrogen-bond donors (Lipinski definition) is 2. The van der Waals surface area contributed by atoms with Crippen molar-refractivity contribution >= 4 is 5.97 Å². The molecule has 0 heterocycles. The number of hydrogen-bond acceptors (Lipinski definition) is 2. The molecule has 1 rings (SSSR count). The molecule has 0 unspecified atom stereocenters. The van der Waals surface area contributed by atoms with Crippen molar-refractivity contribution in [3.63, 3.8) is 0 Å². The molecule has 0 atom stereocenters. The third-order valence-corrected chi connectivity index (χ3v) is 4.12. The van der Waals surface area contributed by atoms with Crippen molar-refractivity contribution in [1.29, 1.82) is 0 Å². The van der Waals surface area contributed by atoms with E-state index in [1.165, 1.54) is 5.57 Å². The van der Waals surface area contributed by atoms with Gasteiger partial charge in [-0.2, -0.15) is 0 Å². The lowest BCUT2D eigenvalue weighted by Crippen LogP contribution is -2.21. The lowest BCUT2D eigenvalue weighted by atomic mass is 9.72. The number of aliphatic hydroxyl groups is 1. The molecule has 3 nitrogen and oxygen atoms in total. The predicted molar refractivity (Wildman–Crippen MR) is 95.3 cm³/mol. The van der Waals surface area contributed by atoms with Gasteiger partial charge in [0.15, 0.2) is 0 Å². The molecular weight excluding hydrogens is 288 g/mol. The van der Waals surface area contributed by atoms with Crippen LogP contribution in [0.5, 0.6) is 0 Å². The number of aliphatic carboxylic acids is 1. The van der Waals surface area contributed by atoms with E-state index in [0.717, 1.165) is 30.1 Å². The normalized spacial score (nSPS) is 21.3. The second-order valence-corrected chi connectivity index (χ2v) is 6.91. The average Bonchev–Trinajstić information content (AvgIpc) is 2.35. The number of carboxylic acid groups (broad SMARTS) is 1. The third-order valence-electron chi connectivity index (χ3n) is 4.12. The van der Waals surface area contributed by atoms with E-state index in [4.69, 9.17) is 5.11 Å². The molecule has 0 fully saturated rings. The van der Waals surface area contributed by atoms with E-state index in [0.29, 0.717) is 17.8 Å². The Bertz CT molecular complexity index is 611. The maximum absolute atomic E-state index is 10.6. The molecule has 0 saturated carbocycles. The summed E-state index contributed by atoms with van der Waals surface area (Å²) < 4.78 is 0. The van der Waals surface area contributed by atoms with Gasteiger partial charge in [-0.15, -0.1) is 0 Å².